The highest BCUT2D eigenvalue weighted by Gasteiger charge is 2.39. The molecule has 0 saturated carbocycles. The molecule has 0 fully saturated rings. The van der Waals surface area contributed by atoms with E-state index in [0.717, 1.165) is 24.4 Å². The summed E-state index contributed by atoms with van der Waals surface area (Å²) in [4.78, 5) is 14.2. The zero-order valence-corrected chi connectivity index (χ0v) is 19.0. The predicted molar refractivity (Wildman–Crippen MR) is 116 cm³/mol. The average molecular weight is 486 g/mol. The molecule has 1 aromatic rings. The Hall–Kier alpha value is -3.08. The minimum absolute atomic E-state index is 0.0381. The molecule has 2 heterocycles. The zero-order valence-electron chi connectivity index (χ0n) is 19.0. The molecular formula is C23H27F5N4O2. The Labute approximate surface area is 194 Å². The van der Waals surface area contributed by atoms with Crippen molar-refractivity contribution in [1.82, 2.24) is 20.9 Å². The van der Waals surface area contributed by atoms with E-state index in [1.807, 2.05) is 0 Å². The SMILES string of the molecule is CCNC(C)(CF)CNC(=O)C1=C(C)NC2C(OCc3c(F)cccc3F)=CC(C(F)F)=CN12. The minimum Gasteiger partial charge on any atom is -0.489 e. The van der Waals surface area contributed by atoms with Crippen molar-refractivity contribution in [3.8, 4) is 0 Å². The molecule has 11 heteroatoms. The highest BCUT2D eigenvalue weighted by atomic mass is 19.3. The van der Waals surface area contributed by atoms with E-state index in [-0.39, 0.29) is 23.6 Å². The zero-order chi connectivity index (χ0) is 25.0. The molecule has 2 atom stereocenters. The Kier molecular flexibility index (Phi) is 7.86. The molecule has 0 radical (unpaired) electrons. The minimum atomic E-state index is -2.89. The molecule has 2 unspecified atom stereocenters. The maximum absolute atomic E-state index is 14.0. The summed E-state index contributed by atoms with van der Waals surface area (Å²) in [5, 5.41) is 8.58. The van der Waals surface area contributed by atoms with Gasteiger partial charge in [0, 0.05) is 24.0 Å². The summed E-state index contributed by atoms with van der Waals surface area (Å²) >= 11 is 0. The molecule has 0 spiro atoms. The van der Waals surface area contributed by atoms with Crippen LogP contribution in [0.15, 0.2) is 53.2 Å². The number of carbonyl (C=O) groups is 1. The van der Waals surface area contributed by atoms with Crippen LogP contribution in [-0.2, 0) is 16.1 Å². The van der Waals surface area contributed by atoms with E-state index >= 15 is 0 Å². The van der Waals surface area contributed by atoms with Crippen molar-refractivity contribution in [3.63, 3.8) is 0 Å². The summed E-state index contributed by atoms with van der Waals surface area (Å²) in [5.41, 5.74) is -1.37. The van der Waals surface area contributed by atoms with Crippen LogP contribution in [0, 0.1) is 11.6 Å². The number of rotatable bonds is 10. The Bertz CT molecular complexity index is 1010. The fourth-order valence-corrected chi connectivity index (χ4v) is 3.75. The number of allylic oxidation sites excluding steroid dienone is 3. The fourth-order valence-electron chi connectivity index (χ4n) is 3.75. The first-order chi connectivity index (χ1) is 16.1. The smallest absolute Gasteiger partial charge is 0.269 e. The Morgan fingerprint density at radius 2 is 1.97 bits per heavy atom. The highest BCUT2D eigenvalue weighted by Crippen LogP contribution is 2.33. The van der Waals surface area contributed by atoms with Crippen molar-refractivity contribution in [2.75, 3.05) is 19.8 Å². The van der Waals surface area contributed by atoms with Gasteiger partial charge in [-0.15, -0.1) is 0 Å². The van der Waals surface area contributed by atoms with Gasteiger partial charge in [-0.05, 0) is 38.6 Å². The summed E-state index contributed by atoms with van der Waals surface area (Å²) in [7, 11) is 0. The molecule has 0 aromatic heterocycles. The number of nitrogens with one attached hydrogen (secondary N) is 3. The number of hydrogen-bond acceptors (Lipinski definition) is 5. The lowest BCUT2D eigenvalue weighted by Crippen LogP contribution is -2.53. The second-order valence-corrected chi connectivity index (χ2v) is 8.30. The normalized spacial score (nSPS) is 19.3. The molecule has 2 aliphatic rings. The first-order valence-electron chi connectivity index (χ1n) is 10.7. The van der Waals surface area contributed by atoms with Crippen LogP contribution in [-0.4, -0.2) is 48.7 Å². The van der Waals surface area contributed by atoms with Crippen LogP contribution in [0.3, 0.4) is 0 Å². The van der Waals surface area contributed by atoms with Crippen molar-refractivity contribution >= 4 is 5.91 Å². The molecule has 1 amide bonds. The first kappa shape index (κ1) is 25.5. The van der Waals surface area contributed by atoms with E-state index in [9.17, 15) is 26.7 Å². The molecule has 1 aromatic carbocycles. The molecule has 186 valence electrons. The van der Waals surface area contributed by atoms with Crippen molar-refractivity contribution in [2.45, 2.75) is 45.5 Å². The number of likely N-dealkylation sites (N-methyl/N-ethyl adjacent to an activating group) is 1. The van der Waals surface area contributed by atoms with Gasteiger partial charge in [0.15, 0.2) is 6.17 Å². The molecule has 2 aliphatic heterocycles. The average Bonchev–Trinajstić information content (AvgIpc) is 3.13. The number of hydrogen-bond donors (Lipinski definition) is 3. The van der Waals surface area contributed by atoms with Crippen molar-refractivity contribution in [3.05, 3.63) is 70.4 Å². The Morgan fingerprint density at radius 3 is 2.56 bits per heavy atom. The second-order valence-electron chi connectivity index (χ2n) is 8.30. The van der Waals surface area contributed by atoms with Crippen LogP contribution in [0.5, 0.6) is 0 Å². The molecule has 3 rings (SSSR count). The topological polar surface area (TPSA) is 65.6 Å². The molecule has 0 saturated heterocycles. The summed E-state index contributed by atoms with van der Waals surface area (Å²) < 4.78 is 74.2. The van der Waals surface area contributed by atoms with E-state index in [2.05, 4.69) is 16.0 Å². The van der Waals surface area contributed by atoms with E-state index in [0.29, 0.717) is 12.2 Å². The van der Waals surface area contributed by atoms with Crippen LogP contribution < -0.4 is 16.0 Å². The molecule has 0 bridgehead atoms. The van der Waals surface area contributed by atoms with Crippen molar-refractivity contribution < 1.29 is 31.5 Å². The predicted octanol–water partition coefficient (Wildman–Crippen LogP) is 3.44. The largest absolute Gasteiger partial charge is 0.489 e. The van der Waals surface area contributed by atoms with E-state index < -0.39 is 54.5 Å². The van der Waals surface area contributed by atoms with Gasteiger partial charge < -0.3 is 25.6 Å². The van der Waals surface area contributed by atoms with Gasteiger partial charge in [0.1, 0.15) is 36.4 Å². The van der Waals surface area contributed by atoms with Crippen LogP contribution in [0.25, 0.3) is 0 Å². The first-order valence-corrected chi connectivity index (χ1v) is 10.7. The molecular weight excluding hydrogens is 459 g/mol. The summed E-state index contributed by atoms with van der Waals surface area (Å²) in [6, 6.07) is 3.33. The van der Waals surface area contributed by atoms with Gasteiger partial charge in [-0.25, -0.2) is 22.0 Å². The number of halogens is 5. The van der Waals surface area contributed by atoms with Crippen molar-refractivity contribution in [2.24, 2.45) is 0 Å². The third-order valence-corrected chi connectivity index (χ3v) is 5.56. The molecule has 6 nitrogen and oxygen atoms in total. The van der Waals surface area contributed by atoms with Gasteiger partial charge in [0.25, 0.3) is 12.3 Å². The highest BCUT2D eigenvalue weighted by molar-refractivity contribution is 5.94. The number of fused-ring (bicyclic) bond motifs is 1. The van der Waals surface area contributed by atoms with Gasteiger partial charge in [-0.3, -0.25) is 4.79 Å². The van der Waals surface area contributed by atoms with Gasteiger partial charge in [-0.2, -0.15) is 0 Å². The maximum atomic E-state index is 14.0. The quantitative estimate of drug-likeness (QED) is 0.443. The second kappa shape index (κ2) is 10.5. The Balaban J connectivity index is 1.81. The number of benzene rings is 1. The molecule has 0 aliphatic carbocycles. The van der Waals surface area contributed by atoms with Crippen LogP contribution in [0.4, 0.5) is 22.0 Å². The van der Waals surface area contributed by atoms with Crippen LogP contribution in [0.1, 0.15) is 26.3 Å². The number of alkyl halides is 3. The van der Waals surface area contributed by atoms with Gasteiger partial charge >= 0.3 is 0 Å². The van der Waals surface area contributed by atoms with E-state index in [1.165, 1.54) is 11.0 Å². The summed E-state index contributed by atoms with van der Waals surface area (Å²) in [5.74, 6) is -2.30. The number of carbonyl (C=O) groups excluding carboxylic acids is 1. The monoisotopic (exact) mass is 486 g/mol. The molecule has 3 N–H and O–H groups in total. The lowest BCUT2D eigenvalue weighted by atomic mass is 10.0. The summed E-state index contributed by atoms with van der Waals surface area (Å²) in [6.07, 6.45) is -1.57. The summed E-state index contributed by atoms with van der Waals surface area (Å²) in [6.45, 7) is 4.18. The maximum Gasteiger partial charge on any atom is 0.269 e. The number of amides is 1. The van der Waals surface area contributed by atoms with Crippen LogP contribution in [0.2, 0.25) is 0 Å². The van der Waals surface area contributed by atoms with Crippen molar-refractivity contribution in [1.29, 1.82) is 0 Å². The Morgan fingerprint density at radius 1 is 1.29 bits per heavy atom. The van der Waals surface area contributed by atoms with E-state index in [4.69, 9.17) is 4.74 Å². The third-order valence-electron chi connectivity index (χ3n) is 5.56. The van der Waals surface area contributed by atoms with E-state index in [1.54, 1.807) is 20.8 Å². The van der Waals surface area contributed by atoms with Crippen LogP contribution >= 0.6 is 0 Å². The van der Waals surface area contributed by atoms with Gasteiger partial charge in [0.2, 0.25) is 0 Å². The van der Waals surface area contributed by atoms with Gasteiger partial charge in [-0.1, -0.05) is 13.0 Å². The fraction of sp³-hybridized carbons (Fsp3) is 0.435. The number of ether oxygens (including phenoxy) is 1. The lowest BCUT2D eigenvalue weighted by Gasteiger charge is -2.32. The number of nitrogens with zero attached hydrogens (tertiary/aromatic N) is 1. The lowest BCUT2D eigenvalue weighted by molar-refractivity contribution is -0.119. The molecule has 34 heavy (non-hydrogen) atoms. The van der Waals surface area contributed by atoms with Gasteiger partial charge in [0.05, 0.1) is 11.1 Å². The third kappa shape index (κ3) is 5.35. The standard InChI is InChI=1S/C23H27F5N4O2/c1-4-30-23(3,11-24)12-29-22(33)19-13(2)31-21-18(8-14(20(27)28)9-32(19)21)34-10-15-16(25)6-5-7-17(15)26/h5-9,20-21,30-31H,4,10-12H2,1-3H3,(H,29,33).